The van der Waals surface area contributed by atoms with Crippen molar-refractivity contribution in [3.8, 4) is 0 Å². The van der Waals surface area contributed by atoms with Gasteiger partial charge in [0.25, 0.3) is 0 Å². The third-order valence-electron chi connectivity index (χ3n) is 6.74. The lowest BCUT2D eigenvalue weighted by Crippen LogP contribution is -2.35. The molecule has 2 fully saturated rings. The summed E-state index contributed by atoms with van der Waals surface area (Å²) in [4.78, 5) is 11.4. The number of hydrogen-bond acceptors (Lipinski definition) is 2. The van der Waals surface area contributed by atoms with Crippen LogP contribution in [0.1, 0.15) is 58.3 Å². The van der Waals surface area contributed by atoms with Crippen molar-refractivity contribution in [1.82, 2.24) is 0 Å². The second-order valence-electron chi connectivity index (χ2n) is 8.08. The van der Waals surface area contributed by atoms with Gasteiger partial charge in [0.2, 0.25) is 0 Å². The Morgan fingerprint density at radius 1 is 1.12 bits per heavy atom. The summed E-state index contributed by atoms with van der Waals surface area (Å²) < 4.78 is 0. The van der Waals surface area contributed by atoms with Crippen LogP contribution in [0.15, 0.2) is 42.5 Å². The van der Waals surface area contributed by atoms with Gasteiger partial charge in [-0.2, -0.15) is 0 Å². The summed E-state index contributed by atoms with van der Waals surface area (Å²) in [5.41, 5.74) is 5.45. The first kappa shape index (κ1) is 15.0. The number of nitrogens with one attached hydrogen (secondary N) is 1. The highest BCUT2D eigenvalue weighted by atomic mass is 16.4. The average molecular weight is 333 g/mol. The molecule has 0 saturated heterocycles. The molecule has 1 aliphatic heterocycles. The minimum Gasteiger partial charge on any atom is -0.478 e. The third kappa shape index (κ3) is 2.21. The lowest BCUT2D eigenvalue weighted by molar-refractivity contribution is 0.0696. The van der Waals surface area contributed by atoms with Gasteiger partial charge in [-0.05, 0) is 79.2 Å². The van der Waals surface area contributed by atoms with Crippen LogP contribution in [0.25, 0.3) is 0 Å². The maximum Gasteiger partial charge on any atom is 0.335 e. The molecule has 2 saturated carbocycles. The van der Waals surface area contributed by atoms with Crippen molar-refractivity contribution in [1.29, 1.82) is 0 Å². The fourth-order valence-electron chi connectivity index (χ4n) is 5.81. The zero-order valence-corrected chi connectivity index (χ0v) is 14.4. The van der Waals surface area contributed by atoms with Crippen LogP contribution < -0.4 is 5.32 Å². The fourth-order valence-corrected chi connectivity index (χ4v) is 5.81. The van der Waals surface area contributed by atoms with Crippen molar-refractivity contribution in [2.24, 2.45) is 17.8 Å². The first-order chi connectivity index (χ1) is 12.1. The maximum absolute atomic E-state index is 11.4. The molecule has 0 unspecified atom stereocenters. The van der Waals surface area contributed by atoms with E-state index in [1.54, 1.807) is 6.07 Å². The molecule has 3 nitrogen and oxygen atoms in total. The Kier molecular flexibility index (Phi) is 3.21. The second-order valence-corrected chi connectivity index (χ2v) is 8.08. The molecule has 2 aliphatic carbocycles. The molecule has 2 aromatic rings. The Morgan fingerprint density at radius 3 is 2.76 bits per heavy atom. The minimum atomic E-state index is -0.830. The Labute approximate surface area is 148 Å². The van der Waals surface area contributed by atoms with E-state index in [4.69, 9.17) is 0 Å². The van der Waals surface area contributed by atoms with Gasteiger partial charge in [-0.3, -0.25) is 0 Å². The van der Waals surface area contributed by atoms with Crippen molar-refractivity contribution in [2.45, 2.75) is 38.1 Å². The van der Waals surface area contributed by atoms with Gasteiger partial charge in [0, 0.05) is 5.69 Å². The summed E-state index contributed by atoms with van der Waals surface area (Å²) in [7, 11) is 0. The van der Waals surface area contributed by atoms with Crippen molar-refractivity contribution in [3.63, 3.8) is 0 Å². The lowest BCUT2D eigenvalue weighted by Gasteiger charge is -2.43. The maximum atomic E-state index is 11.4. The molecule has 2 bridgehead atoms. The number of fused-ring (bicyclic) bond motifs is 7. The molecule has 0 aromatic heterocycles. The predicted octanol–water partition coefficient (Wildman–Crippen LogP) is 4.99. The van der Waals surface area contributed by atoms with E-state index >= 15 is 0 Å². The molecule has 128 valence electrons. The quantitative estimate of drug-likeness (QED) is 0.814. The minimum absolute atomic E-state index is 0.336. The first-order valence-corrected chi connectivity index (χ1v) is 9.32. The summed E-state index contributed by atoms with van der Waals surface area (Å²) in [6.45, 7) is 2.15. The molecule has 0 radical (unpaired) electrons. The van der Waals surface area contributed by atoms with E-state index in [0.717, 1.165) is 11.6 Å². The molecular formula is C22H23NO2. The van der Waals surface area contributed by atoms with Crippen molar-refractivity contribution < 1.29 is 9.90 Å². The number of carbonyl (C=O) groups is 1. The molecule has 3 aliphatic rings. The van der Waals surface area contributed by atoms with E-state index in [-0.39, 0.29) is 0 Å². The fraction of sp³-hybridized carbons (Fsp3) is 0.409. The van der Waals surface area contributed by atoms with E-state index in [2.05, 4.69) is 36.5 Å². The van der Waals surface area contributed by atoms with Crippen LogP contribution in [-0.4, -0.2) is 11.1 Å². The van der Waals surface area contributed by atoms with Gasteiger partial charge in [0.05, 0.1) is 11.6 Å². The van der Waals surface area contributed by atoms with E-state index in [0.29, 0.717) is 29.4 Å². The van der Waals surface area contributed by atoms with E-state index in [1.165, 1.54) is 36.0 Å². The zero-order chi connectivity index (χ0) is 17.1. The molecule has 1 heterocycles. The van der Waals surface area contributed by atoms with Crippen LogP contribution in [-0.2, 0) is 0 Å². The van der Waals surface area contributed by atoms with Gasteiger partial charge in [0.15, 0.2) is 0 Å². The van der Waals surface area contributed by atoms with Crippen molar-refractivity contribution in [2.75, 3.05) is 5.32 Å². The normalized spacial score (nSPS) is 32.0. The van der Waals surface area contributed by atoms with Crippen LogP contribution in [0.2, 0.25) is 0 Å². The van der Waals surface area contributed by atoms with Gasteiger partial charge in [-0.25, -0.2) is 4.79 Å². The van der Waals surface area contributed by atoms with Gasteiger partial charge in [-0.15, -0.1) is 0 Å². The Hall–Kier alpha value is -2.29. The molecular weight excluding hydrogens is 310 g/mol. The standard InChI is InChI=1S/C22H23NO2/c1-12-3-2-4-15(9-12)21-20-14-6-5-13(10-14)19(20)17-11-16(22(24)25)7-8-18(17)23-21/h2-4,7-9,11,13-14,19-21,23H,5-6,10H2,1H3,(H,24,25)/t13-,14-,19+,20+,21-/m0/s1. The van der Waals surface area contributed by atoms with Gasteiger partial charge < -0.3 is 10.4 Å². The Bertz CT molecular complexity index is 859. The number of benzene rings is 2. The van der Waals surface area contributed by atoms with Crippen molar-refractivity contribution >= 4 is 11.7 Å². The Balaban J connectivity index is 1.64. The average Bonchev–Trinajstić information content (AvgIpc) is 3.22. The topological polar surface area (TPSA) is 49.3 Å². The SMILES string of the molecule is Cc1cccc([C@@H]2Nc3ccc(C(=O)O)cc3[C@H]3[C@H]4CC[C@@H](C4)[C@H]32)c1. The summed E-state index contributed by atoms with van der Waals surface area (Å²) >= 11 is 0. The molecule has 2 aromatic carbocycles. The largest absolute Gasteiger partial charge is 0.478 e. The number of carboxylic acid groups (broad SMARTS) is 1. The Morgan fingerprint density at radius 2 is 1.96 bits per heavy atom. The highest BCUT2D eigenvalue weighted by molar-refractivity contribution is 5.88. The molecule has 0 amide bonds. The number of carboxylic acids is 1. The van der Waals surface area contributed by atoms with Gasteiger partial charge >= 0.3 is 5.97 Å². The third-order valence-corrected chi connectivity index (χ3v) is 6.74. The zero-order valence-electron chi connectivity index (χ0n) is 14.4. The summed E-state index contributed by atoms with van der Waals surface area (Å²) in [5.74, 6) is 1.72. The van der Waals surface area contributed by atoms with Crippen LogP contribution >= 0.6 is 0 Å². The summed E-state index contributed by atoms with van der Waals surface area (Å²) in [5, 5.41) is 13.2. The molecule has 2 N–H and O–H groups in total. The number of aromatic carboxylic acids is 1. The number of rotatable bonds is 2. The molecule has 0 spiro atoms. The summed E-state index contributed by atoms with van der Waals surface area (Å²) in [6.07, 6.45) is 3.92. The highest BCUT2D eigenvalue weighted by Gasteiger charge is 2.53. The monoisotopic (exact) mass is 333 g/mol. The first-order valence-electron chi connectivity index (χ1n) is 9.32. The van der Waals surface area contributed by atoms with E-state index in [1.807, 2.05) is 12.1 Å². The van der Waals surface area contributed by atoms with Gasteiger partial charge in [0.1, 0.15) is 0 Å². The van der Waals surface area contributed by atoms with Crippen LogP contribution in [0, 0.1) is 24.7 Å². The number of anilines is 1. The van der Waals surface area contributed by atoms with E-state index < -0.39 is 5.97 Å². The molecule has 25 heavy (non-hydrogen) atoms. The molecule has 5 atom stereocenters. The molecule has 5 rings (SSSR count). The smallest absolute Gasteiger partial charge is 0.335 e. The highest BCUT2D eigenvalue weighted by Crippen LogP contribution is 2.63. The number of aryl methyl sites for hydroxylation is 1. The predicted molar refractivity (Wildman–Crippen MR) is 98.0 cm³/mol. The second kappa shape index (κ2) is 5.35. The van der Waals surface area contributed by atoms with Crippen molar-refractivity contribution in [3.05, 3.63) is 64.7 Å². The number of hydrogen-bond donors (Lipinski definition) is 2. The van der Waals surface area contributed by atoms with Crippen LogP contribution in [0.4, 0.5) is 5.69 Å². The van der Waals surface area contributed by atoms with Gasteiger partial charge in [-0.1, -0.05) is 29.8 Å². The van der Waals surface area contributed by atoms with Crippen LogP contribution in [0.3, 0.4) is 0 Å². The van der Waals surface area contributed by atoms with E-state index in [9.17, 15) is 9.90 Å². The molecule has 3 heteroatoms. The summed E-state index contributed by atoms with van der Waals surface area (Å²) in [6, 6.07) is 14.8. The van der Waals surface area contributed by atoms with Crippen LogP contribution in [0.5, 0.6) is 0 Å². The lowest BCUT2D eigenvalue weighted by atomic mass is 9.68.